The fourth-order valence-corrected chi connectivity index (χ4v) is 2.94. The van der Waals surface area contributed by atoms with Gasteiger partial charge in [-0.1, -0.05) is 25.5 Å². The molecule has 1 saturated heterocycles. The number of amides is 2. The highest BCUT2D eigenvalue weighted by Gasteiger charge is 2.29. The summed E-state index contributed by atoms with van der Waals surface area (Å²) in [7, 11) is 2.01. The Labute approximate surface area is 121 Å². The molecular formula is C16H25N3O. The lowest BCUT2D eigenvalue weighted by molar-refractivity contribution is 0.154. The first kappa shape index (κ1) is 14.9. The third-order valence-electron chi connectivity index (χ3n) is 4.19. The predicted molar refractivity (Wildman–Crippen MR) is 83.0 cm³/mol. The molecule has 0 aromatic heterocycles. The molecule has 110 valence electrons. The van der Waals surface area contributed by atoms with E-state index in [9.17, 15) is 4.79 Å². The van der Waals surface area contributed by atoms with E-state index in [0.717, 1.165) is 37.2 Å². The largest absolute Gasteiger partial charge is 0.324 e. The molecular weight excluding hydrogens is 250 g/mol. The van der Waals surface area contributed by atoms with Crippen molar-refractivity contribution in [2.75, 3.05) is 25.5 Å². The van der Waals surface area contributed by atoms with Gasteiger partial charge in [0.2, 0.25) is 0 Å². The molecule has 4 nitrogen and oxygen atoms in total. The van der Waals surface area contributed by atoms with Crippen molar-refractivity contribution in [3.05, 3.63) is 29.8 Å². The van der Waals surface area contributed by atoms with Gasteiger partial charge in [0.15, 0.2) is 0 Å². The average molecular weight is 275 g/mol. The van der Waals surface area contributed by atoms with Crippen LogP contribution in [-0.4, -0.2) is 37.1 Å². The molecule has 1 aromatic rings. The molecule has 0 saturated carbocycles. The van der Waals surface area contributed by atoms with Gasteiger partial charge in [0, 0.05) is 24.8 Å². The number of nitrogens with zero attached hydrogens (tertiary/aromatic N) is 1. The van der Waals surface area contributed by atoms with Gasteiger partial charge in [-0.3, -0.25) is 0 Å². The Morgan fingerprint density at radius 3 is 2.90 bits per heavy atom. The molecule has 1 heterocycles. The molecule has 0 spiro atoms. The number of rotatable bonds is 3. The van der Waals surface area contributed by atoms with Gasteiger partial charge in [-0.05, 0) is 44.0 Å². The molecule has 2 N–H and O–H groups in total. The molecule has 2 amide bonds. The second kappa shape index (κ2) is 6.75. The van der Waals surface area contributed by atoms with Gasteiger partial charge >= 0.3 is 6.03 Å². The van der Waals surface area contributed by atoms with Crippen LogP contribution in [0.25, 0.3) is 0 Å². The van der Waals surface area contributed by atoms with Crippen molar-refractivity contribution in [2.45, 2.75) is 32.7 Å². The number of urea groups is 1. The van der Waals surface area contributed by atoms with E-state index in [4.69, 9.17) is 0 Å². The second-order valence-corrected chi connectivity index (χ2v) is 5.60. The zero-order chi connectivity index (χ0) is 14.5. The first-order valence-corrected chi connectivity index (χ1v) is 7.44. The second-order valence-electron chi connectivity index (χ2n) is 5.60. The summed E-state index contributed by atoms with van der Waals surface area (Å²) in [5.74, 6) is 0.539. The Hall–Kier alpha value is -1.55. The zero-order valence-corrected chi connectivity index (χ0v) is 12.6. The Morgan fingerprint density at radius 2 is 2.25 bits per heavy atom. The van der Waals surface area contributed by atoms with Crippen molar-refractivity contribution in [1.29, 1.82) is 0 Å². The van der Waals surface area contributed by atoms with Gasteiger partial charge in [-0.15, -0.1) is 0 Å². The fraction of sp³-hybridized carbons (Fsp3) is 0.562. The smallest absolute Gasteiger partial charge is 0.321 e. The summed E-state index contributed by atoms with van der Waals surface area (Å²) in [6.45, 7) is 5.87. The third kappa shape index (κ3) is 3.51. The van der Waals surface area contributed by atoms with E-state index in [1.165, 1.54) is 0 Å². The number of carbonyl (C=O) groups excluding carboxylic acids is 1. The van der Waals surface area contributed by atoms with Crippen LogP contribution < -0.4 is 10.6 Å². The number of aryl methyl sites for hydroxylation is 1. The van der Waals surface area contributed by atoms with Crippen LogP contribution in [0.2, 0.25) is 0 Å². The lowest BCUT2D eigenvalue weighted by Crippen LogP contribution is -2.51. The standard InChI is InChI=1S/C16H25N3O/c1-4-13-11-19(9-8-15(13)17-3)16(20)18-14-7-5-6-12(2)10-14/h5-7,10,13,15,17H,4,8-9,11H2,1-3H3,(H,18,20). The van der Waals surface area contributed by atoms with Crippen molar-refractivity contribution in [2.24, 2.45) is 5.92 Å². The van der Waals surface area contributed by atoms with E-state index in [0.29, 0.717) is 12.0 Å². The van der Waals surface area contributed by atoms with Crippen LogP contribution in [0.3, 0.4) is 0 Å². The Balaban J connectivity index is 1.96. The number of benzene rings is 1. The molecule has 0 bridgehead atoms. The fourth-order valence-electron chi connectivity index (χ4n) is 2.94. The van der Waals surface area contributed by atoms with Gasteiger partial charge in [-0.25, -0.2) is 4.79 Å². The highest BCUT2D eigenvalue weighted by atomic mass is 16.2. The third-order valence-corrected chi connectivity index (χ3v) is 4.19. The maximum Gasteiger partial charge on any atom is 0.321 e. The quantitative estimate of drug-likeness (QED) is 0.891. The molecule has 2 unspecified atom stereocenters. The normalized spacial score (nSPS) is 22.6. The van der Waals surface area contributed by atoms with Gasteiger partial charge in [-0.2, -0.15) is 0 Å². The average Bonchev–Trinajstić information content (AvgIpc) is 2.46. The topological polar surface area (TPSA) is 44.4 Å². The number of likely N-dealkylation sites (tertiary alicyclic amines) is 1. The molecule has 20 heavy (non-hydrogen) atoms. The van der Waals surface area contributed by atoms with Crippen LogP contribution >= 0.6 is 0 Å². The first-order valence-electron chi connectivity index (χ1n) is 7.44. The van der Waals surface area contributed by atoms with E-state index >= 15 is 0 Å². The predicted octanol–water partition coefficient (Wildman–Crippen LogP) is 2.85. The number of hydrogen-bond acceptors (Lipinski definition) is 2. The van der Waals surface area contributed by atoms with Crippen molar-refractivity contribution < 1.29 is 4.79 Å². The van der Waals surface area contributed by atoms with Crippen LogP contribution in [0.15, 0.2) is 24.3 Å². The van der Waals surface area contributed by atoms with E-state index in [-0.39, 0.29) is 6.03 Å². The van der Waals surface area contributed by atoms with Gasteiger partial charge in [0.1, 0.15) is 0 Å². The monoisotopic (exact) mass is 275 g/mol. The van der Waals surface area contributed by atoms with Crippen LogP contribution in [0.5, 0.6) is 0 Å². The Kier molecular flexibility index (Phi) is 5.01. The minimum Gasteiger partial charge on any atom is -0.324 e. The summed E-state index contributed by atoms with van der Waals surface area (Å²) >= 11 is 0. The van der Waals surface area contributed by atoms with Crippen LogP contribution in [0.4, 0.5) is 10.5 Å². The van der Waals surface area contributed by atoms with Gasteiger partial charge < -0.3 is 15.5 Å². The van der Waals surface area contributed by atoms with Gasteiger partial charge in [0.25, 0.3) is 0 Å². The number of nitrogens with one attached hydrogen (secondary N) is 2. The molecule has 0 aliphatic carbocycles. The molecule has 1 aromatic carbocycles. The van der Waals surface area contributed by atoms with Crippen LogP contribution in [0.1, 0.15) is 25.3 Å². The molecule has 4 heteroatoms. The molecule has 1 aliphatic rings. The maximum absolute atomic E-state index is 12.3. The summed E-state index contributed by atoms with van der Waals surface area (Å²) < 4.78 is 0. The Bertz CT molecular complexity index is 461. The van der Waals surface area contributed by atoms with E-state index < -0.39 is 0 Å². The van der Waals surface area contributed by atoms with E-state index in [2.05, 4.69) is 17.6 Å². The highest BCUT2D eigenvalue weighted by Crippen LogP contribution is 2.21. The lowest BCUT2D eigenvalue weighted by atomic mass is 9.90. The summed E-state index contributed by atoms with van der Waals surface area (Å²) in [6.07, 6.45) is 2.12. The minimum absolute atomic E-state index is 0.0172. The summed E-state index contributed by atoms with van der Waals surface area (Å²) in [5, 5.41) is 6.36. The van der Waals surface area contributed by atoms with E-state index in [1.54, 1.807) is 0 Å². The molecule has 1 aliphatic heterocycles. The van der Waals surface area contributed by atoms with Crippen LogP contribution in [0, 0.1) is 12.8 Å². The van der Waals surface area contributed by atoms with Crippen molar-refractivity contribution in [3.8, 4) is 0 Å². The van der Waals surface area contributed by atoms with Crippen molar-refractivity contribution in [3.63, 3.8) is 0 Å². The summed E-state index contributed by atoms with van der Waals surface area (Å²) in [5.41, 5.74) is 2.03. The molecule has 2 rings (SSSR count). The van der Waals surface area contributed by atoms with Crippen LogP contribution in [-0.2, 0) is 0 Å². The molecule has 0 radical (unpaired) electrons. The highest BCUT2D eigenvalue weighted by molar-refractivity contribution is 5.89. The SMILES string of the molecule is CCC1CN(C(=O)Nc2cccc(C)c2)CCC1NC. The molecule has 1 fully saturated rings. The van der Waals surface area contributed by atoms with Crippen molar-refractivity contribution in [1.82, 2.24) is 10.2 Å². The summed E-state index contributed by atoms with van der Waals surface area (Å²) in [6, 6.07) is 8.47. The van der Waals surface area contributed by atoms with Gasteiger partial charge in [0.05, 0.1) is 0 Å². The van der Waals surface area contributed by atoms with E-state index in [1.807, 2.05) is 43.1 Å². The number of hydrogen-bond donors (Lipinski definition) is 2. The molecule has 2 atom stereocenters. The minimum atomic E-state index is 0.0172. The maximum atomic E-state index is 12.3. The zero-order valence-electron chi connectivity index (χ0n) is 12.6. The number of carbonyl (C=O) groups is 1. The number of piperidine rings is 1. The number of anilines is 1. The Morgan fingerprint density at radius 1 is 1.45 bits per heavy atom. The lowest BCUT2D eigenvalue weighted by Gasteiger charge is -2.38. The first-order chi connectivity index (χ1) is 9.63. The van der Waals surface area contributed by atoms with Crippen molar-refractivity contribution >= 4 is 11.7 Å². The summed E-state index contributed by atoms with van der Waals surface area (Å²) in [4.78, 5) is 14.3.